The van der Waals surface area contributed by atoms with Crippen molar-refractivity contribution in [1.29, 1.82) is 0 Å². The van der Waals surface area contributed by atoms with Crippen LogP contribution in [0.25, 0.3) is 0 Å². The Morgan fingerprint density at radius 1 is 1.21 bits per heavy atom. The van der Waals surface area contributed by atoms with Gasteiger partial charge in [0.05, 0.1) is 13.1 Å². The molecule has 1 saturated carbocycles. The number of hydrogen-bond acceptors (Lipinski definition) is 2. The van der Waals surface area contributed by atoms with Crippen molar-refractivity contribution in [3.05, 3.63) is 0 Å². The average Bonchev–Trinajstić information content (AvgIpc) is 2.52. The van der Waals surface area contributed by atoms with Crippen LogP contribution in [0.1, 0.15) is 25.7 Å². The van der Waals surface area contributed by atoms with Crippen LogP contribution < -0.4 is 5.73 Å². The fourth-order valence-electron chi connectivity index (χ4n) is 2.85. The monoisotopic (exact) mass is 204 g/mol. The summed E-state index contributed by atoms with van der Waals surface area (Å²) in [4.78, 5) is 1.85. The number of nitrogens with two attached hydrogens (primary N) is 1. The van der Waals surface area contributed by atoms with Crippen molar-refractivity contribution in [3.8, 4) is 0 Å². The van der Waals surface area contributed by atoms with Gasteiger partial charge in [0, 0.05) is 13.1 Å². The van der Waals surface area contributed by atoms with Crippen molar-refractivity contribution >= 4 is 0 Å². The second kappa shape index (κ2) is 3.42. The smallest absolute Gasteiger partial charge is 0.272 e. The molecule has 2 N–H and O–H groups in total. The number of nitrogens with zero attached hydrogens (tertiary/aromatic N) is 1. The van der Waals surface area contributed by atoms with E-state index in [0.29, 0.717) is 5.41 Å². The van der Waals surface area contributed by atoms with E-state index in [0.717, 1.165) is 13.1 Å². The Morgan fingerprint density at radius 3 is 2.29 bits per heavy atom. The number of alkyl halides is 2. The Balaban J connectivity index is 1.77. The molecule has 1 saturated heterocycles. The van der Waals surface area contributed by atoms with Gasteiger partial charge in [-0.25, -0.2) is 8.78 Å². The molecule has 82 valence electrons. The second-order valence-electron chi connectivity index (χ2n) is 4.91. The van der Waals surface area contributed by atoms with Crippen molar-refractivity contribution in [3.63, 3.8) is 0 Å². The largest absolute Gasteiger partial charge is 0.325 e. The maximum absolute atomic E-state index is 12.9. The molecule has 0 amide bonds. The molecule has 2 aliphatic rings. The zero-order valence-corrected chi connectivity index (χ0v) is 8.44. The molecule has 0 aromatic heterocycles. The Bertz CT molecular complexity index is 204. The summed E-state index contributed by atoms with van der Waals surface area (Å²) in [5, 5.41) is 0. The molecule has 0 unspecified atom stereocenters. The third kappa shape index (κ3) is 1.91. The number of rotatable bonds is 3. The van der Waals surface area contributed by atoms with Gasteiger partial charge in [0.2, 0.25) is 0 Å². The number of halogens is 2. The summed E-state index contributed by atoms with van der Waals surface area (Å²) in [6.45, 7) is 1.05. The molecule has 2 nitrogen and oxygen atoms in total. The van der Waals surface area contributed by atoms with Crippen LogP contribution in [0.2, 0.25) is 0 Å². The van der Waals surface area contributed by atoms with Gasteiger partial charge in [-0.15, -0.1) is 0 Å². The fourth-order valence-corrected chi connectivity index (χ4v) is 2.85. The summed E-state index contributed by atoms with van der Waals surface area (Å²) < 4.78 is 25.9. The number of hydrogen-bond donors (Lipinski definition) is 1. The molecule has 0 bridgehead atoms. The summed E-state index contributed by atoms with van der Waals surface area (Å²) in [6.07, 6.45) is 5.03. The first-order valence-corrected chi connectivity index (χ1v) is 5.36. The molecule has 0 aromatic carbocycles. The molecule has 1 spiro atoms. The molecule has 1 aliphatic heterocycles. The molecule has 14 heavy (non-hydrogen) atoms. The minimum absolute atomic E-state index is 0.148. The van der Waals surface area contributed by atoms with Gasteiger partial charge in [-0.1, -0.05) is 12.8 Å². The SMILES string of the molecule is NCC(F)(F)CN1CC2(CCCC2)C1. The Labute approximate surface area is 83.4 Å². The lowest BCUT2D eigenvalue weighted by atomic mass is 9.78. The van der Waals surface area contributed by atoms with Gasteiger partial charge in [0.1, 0.15) is 0 Å². The van der Waals surface area contributed by atoms with E-state index in [1.165, 1.54) is 25.7 Å². The van der Waals surface area contributed by atoms with Crippen LogP contribution in [0.3, 0.4) is 0 Å². The molecule has 4 heteroatoms. The lowest BCUT2D eigenvalue weighted by Gasteiger charge is -2.49. The maximum Gasteiger partial charge on any atom is 0.272 e. The molecule has 0 radical (unpaired) electrons. The van der Waals surface area contributed by atoms with Gasteiger partial charge in [-0.2, -0.15) is 0 Å². The maximum atomic E-state index is 12.9. The third-order valence-electron chi connectivity index (χ3n) is 3.54. The van der Waals surface area contributed by atoms with E-state index < -0.39 is 12.5 Å². The van der Waals surface area contributed by atoms with Crippen molar-refractivity contribution in [2.45, 2.75) is 31.6 Å². The highest BCUT2D eigenvalue weighted by molar-refractivity contribution is 4.98. The molecule has 0 atom stereocenters. The van der Waals surface area contributed by atoms with Crippen LogP contribution in [0.15, 0.2) is 0 Å². The molecular formula is C10H18F2N2. The van der Waals surface area contributed by atoms with Crippen LogP contribution in [0.4, 0.5) is 8.78 Å². The highest BCUT2D eigenvalue weighted by Gasteiger charge is 2.47. The normalized spacial score (nSPS) is 26.8. The first kappa shape index (κ1) is 10.3. The van der Waals surface area contributed by atoms with E-state index in [1.807, 2.05) is 4.90 Å². The highest BCUT2D eigenvalue weighted by Crippen LogP contribution is 2.45. The van der Waals surface area contributed by atoms with Gasteiger partial charge >= 0.3 is 0 Å². The predicted molar refractivity (Wildman–Crippen MR) is 51.3 cm³/mol. The summed E-state index contributed by atoms with van der Waals surface area (Å²) in [7, 11) is 0. The van der Waals surface area contributed by atoms with E-state index in [4.69, 9.17) is 5.73 Å². The quantitative estimate of drug-likeness (QED) is 0.754. The summed E-state index contributed by atoms with van der Waals surface area (Å²) >= 11 is 0. The van der Waals surface area contributed by atoms with Crippen molar-refractivity contribution in [1.82, 2.24) is 4.90 Å². The van der Waals surface area contributed by atoms with Gasteiger partial charge < -0.3 is 5.73 Å². The zero-order chi connectivity index (χ0) is 10.2. The van der Waals surface area contributed by atoms with E-state index in [-0.39, 0.29) is 6.54 Å². The first-order valence-electron chi connectivity index (χ1n) is 5.36. The molecule has 1 heterocycles. The Hall–Kier alpha value is -0.220. The molecule has 2 rings (SSSR count). The van der Waals surface area contributed by atoms with Gasteiger partial charge in [0.15, 0.2) is 0 Å². The van der Waals surface area contributed by atoms with Crippen LogP contribution in [0.5, 0.6) is 0 Å². The summed E-state index contributed by atoms with van der Waals surface area (Å²) in [5.41, 5.74) is 5.41. The summed E-state index contributed by atoms with van der Waals surface area (Å²) in [6, 6.07) is 0. The van der Waals surface area contributed by atoms with Gasteiger partial charge in [-0.3, -0.25) is 4.90 Å². The molecule has 0 aromatic rings. The van der Waals surface area contributed by atoms with Crippen LogP contribution in [0, 0.1) is 5.41 Å². The van der Waals surface area contributed by atoms with Crippen molar-refractivity contribution < 1.29 is 8.78 Å². The van der Waals surface area contributed by atoms with Crippen molar-refractivity contribution in [2.24, 2.45) is 11.1 Å². The zero-order valence-electron chi connectivity index (χ0n) is 8.44. The molecular weight excluding hydrogens is 186 g/mol. The molecule has 1 aliphatic carbocycles. The number of likely N-dealkylation sites (tertiary alicyclic amines) is 1. The highest BCUT2D eigenvalue weighted by atomic mass is 19.3. The van der Waals surface area contributed by atoms with Crippen molar-refractivity contribution in [2.75, 3.05) is 26.2 Å². The third-order valence-corrected chi connectivity index (χ3v) is 3.54. The Kier molecular flexibility index (Phi) is 2.52. The average molecular weight is 204 g/mol. The molecule has 2 fully saturated rings. The first-order chi connectivity index (χ1) is 6.55. The van der Waals surface area contributed by atoms with Crippen LogP contribution in [-0.4, -0.2) is 37.0 Å². The van der Waals surface area contributed by atoms with E-state index in [2.05, 4.69) is 0 Å². The van der Waals surface area contributed by atoms with E-state index in [9.17, 15) is 8.78 Å². The van der Waals surface area contributed by atoms with Crippen LogP contribution in [-0.2, 0) is 0 Å². The van der Waals surface area contributed by atoms with Gasteiger partial charge in [-0.05, 0) is 18.3 Å². The Morgan fingerprint density at radius 2 is 1.79 bits per heavy atom. The van der Waals surface area contributed by atoms with E-state index >= 15 is 0 Å². The van der Waals surface area contributed by atoms with Crippen LogP contribution >= 0.6 is 0 Å². The van der Waals surface area contributed by atoms with Gasteiger partial charge in [0.25, 0.3) is 5.92 Å². The second-order valence-corrected chi connectivity index (χ2v) is 4.91. The summed E-state index contributed by atoms with van der Waals surface area (Å²) in [5.74, 6) is -2.69. The lowest BCUT2D eigenvalue weighted by molar-refractivity contribution is -0.0816. The fraction of sp³-hybridized carbons (Fsp3) is 1.00. The standard InChI is InChI=1S/C10H18F2N2/c11-10(12,5-13)8-14-6-9(7-14)3-1-2-4-9/h1-8,13H2. The predicted octanol–water partition coefficient (Wildman–Crippen LogP) is 1.46. The minimum atomic E-state index is -2.69. The topological polar surface area (TPSA) is 29.3 Å². The van der Waals surface area contributed by atoms with E-state index in [1.54, 1.807) is 0 Å². The lowest BCUT2D eigenvalue weighted by Crippen LogP contribution is -2.58. The minimum Gasteiger partial charge on any atom is -0.325 e.